The predicted molar refractivity (Wildman–Crippen MR) is 64.2 cm³/mol. The first-order valence-corrected chi connectivity index (χ1v) is 4.80. The topological polar surface area (TPSA) is 91.6 Å². The molecule has 0 unspecified atom stereocenters. The molecule has 2 aromatic heterocycles. The fourth-order valence-corrected chi connectivity index (χ4v) is 1.34. The van der Waals surface area contributed by atoms with Gasteiger partial charge in [-0.2, -0.15) is 9.78 Å². The van der Waals surface area contributed by atoms with Gasteiger partial charge in [-0.25, -0.2) is 9.67 Å². The minimum Gasteiger partial charge on any atom is -0.322 e. The molecule has 2 rings (SSSR count). The Balaban J connectivity index is 0.00000144. The van der Waals surface area contributed by atoms with Crippen molar-refractivity contribution in [1.29, 1.82) is 0 Å². The first kappa shape index (κ1) is 13.3. The average Bonchev–Trinajstić information content (AvgIpc) is 2.71. The third-order valence-corrected chi connectivity index (χ3v) is 2.14. The first-order valence-electron chi connectivity index (χ1n) is 4.80. The van der Waals surface area contributed by atoms with Gasteiger partial charge < -0.3 is 5.73 Å². The molecule has 1 atom stereocenters. The van der Waals surface area contributed by atoms with E-state index in [-0.39, 0.29) is 24.0 Å². The van der Waals surface area contributed by atoms with Crippen LogP contribution in [-0.4, -0.2) is 24.5 Å². The molecule has 0 saturated heterocycles. The highest BCUT2D eigenvalue weighted by Gasteiger charge is 2.11. The Labute approximate surface area is 104 Å². The number of aromatic nitrogens is 5. The summed E-state index contributed by atoms with van der Waals surface area (Å²) in [5, 5.41) is 8.09. The summed E-state index contributed by atoms with van der Waals surface area (Å²) >= 11 is 0. The van der Waals surface area contributed by atoms with Crippen LogP contribution in [0.4, 0.5) is 0 Å². The van der Waals surface area contributed by atoms with Crippen LogP contribution < -0.4 is 11.3 Å². The Morgan fingerprint density at radius 1 is 1.41 bits per heavy atom. The van der Waals surface area contributed by atoms with Crippen LogP contribution in [-0.2, 0) is 7.05 Å². The van der Waals surface area contributed by atoms with Crippen molar-refractivity contribution in [1.82, 2.24) is 24.5 Å². The van der Waals surface area contributed by atoms with Crippen molar-refractivity contribution in [3.05, 3.63) is 34.6 Å². The highest BCUT2D eigenvalue weighted by atomic mass is 35.5. The molecule has 0 aliphatic heterocycles. The molecule has 0 amide bonds. The van der Waals surface area contributed by atoms with Crippen molar-refractivity contribution in [2.75, 3.05) is 0 Å². The quantitative estimate of drug-likeness (QED) is 0.804. The molecule has 92 valence electrons. The second-order valence-corrected chi connectivity index (χ2v) is 3.47. The van der Waals surface area contributed by atoms with Gasteiger partial charge in [0, 0.05) is 13.1 Å². The maximum absolute atomic E-state index is 11.2. The number of hydrogen-bond donors (Lipinski definition) is 1. The third kappa shape index (κ3) is 2.51. The molecule has 0 aliphatic rings. The summed E-state index contributed by atoms with van der Waals surface area (Å²) in [5.74, 6) is 1.12. The van der Waals surface area contributed by atoms with Crippen LogP contribution in [0.15, 0.2) is 23.3 Å². The molecular weight excluding hydrogens is 244 g/mol. The summed E-state index contributed by atoms with van der Waals surface area (Å²) in [6.45, 7) is 1.81. The second-order valence-electron chi connectivity index (χ2n) is 3.47. The molecule has 7 nitrogen and oxygen atoms in total. The predicted octanol–water partition coefficient (Wildman–Crippen LogP) is -0.197. The van der Waals surface area contributed by atoms with Gasteiger partial charge >= 0.3 is 0 Å². The molecule has 0 aliphatic carbocycles. The molecule has 17 heavy (non-hydrogen) atoms. The Hall–Kier alpha value is -1.73. The molecule has 2 aromatic rings. The molecule has 0 saturated carbocycles. The summed E-state index contributed by atoms with van der Waals surface area (Å²) in [5.41, 5.74) is 5.57. The van der Waals surface area contributed by atoms with Gasteiger partial charge in [-0.15, -0.1) is 17.5 Å². The molecule has 8 heteroatoms. The van der Waals surface area contributed by atoms with Crippen LogP contribution in [0.2, 0.25) is 0 Å². The lowest BCUT2D eigenvalue weighted by molar-refractivity contribution is 0.635. The number of halogens is 1. The zero-order valence-electron chi connectivity index (χ0n) is 9.44. The molecule has 0 aromatic carbocycles. The van der Waals surface area contributed by atoms with Gasteiger partial charge in [-0.05, 0) is 13.0 Å². The standard InChI is InChI=1S/C9H12N6O.ClH/c1-6(10)9-11-5-12-15(9)7-3-4-8(16)14(2)13-7;/h3-6H,10H2,1-2H3;1H/t6-;/m0./s1. The summed E-state index contributed by atoms with van der Waals surface area (Å²) in [6, 6.07) is 2.76. The minimum atomic E-state index is -0.249. The number of hydrogen-bond acceptors (Lipinski definition) is 5. The van der Waals surface area contributed by atoms with Crippen LogP contribution in [0.3, 0.4) is 0 Å². The fraction of sp³-hybridized carbons (Fsp3) is 0.333. The van der Waals surface area contributed by atoms with Gasteiger partial charge in [0.15, 0.2) is 11.6 Å². The second kappa shape index (κ2) is 5.07. The van der Waals surface area contributed by atoms with Crippen molar-refractivity contribution < 1.29 is 0 Å². The van der Waals surface area contributed by atoms with Gasteiger partial charge in [0.2, 0.25) is 0 Å². The normalized spacial score (nSPS) is 11.9. The summed E-state index contributed by atoms with van der Waals surface area (Å²) in [7, 11) is 1.58. The van der Waals surface area contributed by atoms with E-state index in [9.17, 15) is 4.79 Å². The van der Waals surface area contributed by atoms with Gasteiger partial charge in [0.05, 0.1) is 6.04 Å². The van der Waals surface area contributed by atoms with E-state index in [4.69, 9.17) is 5.73 Å². The molecule has 2 heterocycles. The third-order valence-electron chi connectivity index (χ3n) is 2.14. The van der Waals surface area contributed by atoms with E-state index >= 15 is 0 Å². The number of aryl methyl sites for hydroxylation is 1. The molecule has 2 N–H and O–H groups in total. The molecule has 0 fully saturated rings. The Morgan fingerprint density at radius 3 is 2.71 bits per heavy atom. The van der Waals surface area contributed by atoms with E-state index in [1.165, 1.54) is 21.8 Å². The first-order chi connectivity index (χ1) is 7.59. The monoisotopic (exact) mass is 256 g/mol. The van der Waals surface area contributed by atoms with Gasteiger partial charge in [-0.3, -0.25) is 4.79 Å². The maximum atomic E-state index is 11.2. The smallest absolute Gasteiger partial charge is 0.266 e. The van der Waals surface area contributed by atoms with Crippen molar-refractivity contribution in [2.24, 2.45) is 12.8 Å². The highest BCUT2D eigenvalue weighted by Crippen LogP contribution is 2.09. The van der Waals surface area contributed by atoms with Crippen molar-refractivity contribution >= 4 is 12.4 Å². The Bertz CT molecular complexity index is 561. The van der Waals surface area contributed by atoms with E-state index in [2.05, 4.69) is 15.2 Å². The van der Waals surface area contributed by atoms with Gasteiger partial charge in [-0.1, -0.05) is 0 Å². The highest BCUT2D eigenvalue weighted by molar-refractivity contribution is 5.85. The molecule has 0 radical (unpaired) electrons. The van der Waals surface area contributed by atoms with E-state index in [1.54, 1.807) is 13.1 Å². The number of nitrogens with two attached hydrogens (primary N) is 1. The molecule has 0 spiro atoms. The zero-order valence-corrected chi connectivity index (χ0v) is 10.3. The number of nitrogens with zero attached hydrogens (tertiary/aromatic N) is 5. The van der Waals surface area contributed by atoms with E-state index in [0.29, 0.717) is 11.6 Å². The lowest BCUT2D eigenvalue weighted by Gasteiger charge is -2.07. The van der Waals surface area contributed by atoms with Crippen LogP contribution in [0, 0.1) is 0 Å². The fourth-order valence-electron chi connectivity index (χ4n) is 1.34. The zero-order chi connectivity index (χ0) is 11.7. The van der Waals surface area contributed by atoms with Crippen molar-refractivity contribution in [3.8, 4) is 5.82 Å². The Kier molecular flexibility index (Phi) is 3.97. The van der Waals surface area contributed by atoms with Crippen LogP contribution in [0.25, 0.3) is 5.82 Å². The van der Waals surface area contributed by atoms with Gasteiger partial charge in [0.25, 0.3) is 5.56 Å². The lowest BCUT2D eigenvalue weighted by Crippen LogP contribution is -2.22. The molecular formula is C9H13ClN6O. The number of rotatable bonds is 2. The van der Waals surface area contributed by atoms with E-state index in [1.807, 2.05) is 6.92 Å². The van der Waals surface area contributed by atoms with E-state index < -0.39 is 0 Å². The maximum Gasteiger partial charge on any atom is 0.266 e. The van der Waals surface area contributed by atoms with Crippen LogP contribution >= 0.6 is 12.4 Å². The summed E-state index contributed by atoms with van der Waals surface area (Å²) in [4.78, 5) is 15.2. The van der Waals surface area contributed by atoms with Crippen molar-refractivity contribution in [3.63, 3.8) is 0 Å². The van der Waals surface area contributed by atoms with E-state index in [0.717, 1.165) is 0 Å². The Morgan fingerprint density at radius 2 is 2.12 bits per heavy atom. The summed E-state index contributed by atoms with van der Waals surface area (Å²) in [6.07, 6.45) is 1.41. The SMILES string of the molecule is C[C@H](N)c1ncnn1-c1ccc(=O)n(C)n1.Cl. The lowest BCUT2D eigenvalue weighted by atomic mass is 10.3. The minimum absolute atomic E-state index is 0. The van der Waals surface area contributed by atoms with Crippen LogP contribution in [0.5, 0.6) is 0 Å². The molecule has 0 bridgehead atoms. The van der Waals surface area contributed by atoms with Crippen molar-refractivity contribution in [2.45, 2.75) is 13.0 Å². The summed E-state index contributed by atoms with van der Waals surface area (Å²) < 4.78 is 2.76. The van der Waals surface area contributed by atoms with Gasteiger partial charge in [0.1, 0.15) is 6.33 Å². The van der Waals surface area contributed by atoms with Crippen LogP contribution in [0.1, 0.15) is 18.8 Å². The largest absolute Gasteiger partial charge is 0.322 e. The average molecular weight is 257 g/mol.